The van der Waals surface area contributed by atoms with Crippen molar-refractivity contribution in [1.82, 2.24) is 9.55 Å². The van der Waals surface area contributed by atoms with Gasteiger partial charge in [-0.25, -0.2) is 9.37 Å². The number of hydrogen-bond donors (Lipinski definition) is 0. The van der Waals surface area contributed by atoms with Gasteiger partial charge in [0, 0.05) is 6.07 Å². The Morgan fingerprint density at radius 1 is 1.50 bits per heavy atom. The molecule has 82 valence electrons. The highest BCUT2D eigenvalue weighted by Crippen LogP contribution is 2.12. The predicted octanol–water partition coefficient (Wildman–Crippen LogP) is 1.39. The van der Waals surface area contributed by atoms with Gasteiger partial charge in [0.25, 0.3) is 5.56 Å². The van der Waals surface area contributed by atoms with Crippen LogP contribution in [0.25, 0.3) is 10.9 Å². The molecule has 0 unspecified atom stereocenters. The Hall–Kier alpha value is -1.75. The van der Waals surface area contributed by atoms with E-state index in [1.54, 1.807) is 0 Å². The first-order valence-corrected chi connectivity index (χ1v) is 4.80. The van der Waals surface area contributed by atoms with E-state index >= 15 is 0 Å². The van der Waals surface area contributed by atoms with Crippen LogP contribution in [0.1, 0.15) is 0 Å². The number of halogens is 2. The van der Waals surface area contributed by atoms with Crippen molar-refractivity contribution in [1.29, 1.82) is 0 Å². The smallest absolute Gasteiger partial charge is 0.262 e. The molecule has 0 N–H and O–H groups in total. The van der Waals surface area contributed by atoms with Crippen molar-refractivity contribution in [2.45, 2.75) is 6.54 Å². The van der Waals surface area contributed by atoms with E-state index in [1.165, 1.54) is 6.07 Å². The molecular weight excluding hydrogens is 235 g/mol. The van der Waals surface area contributed by atoms with E-state index in [0.29, 0.717) is 6.29 Å². The molecule has 0 saturated carbocycles. The average molecular weight is 241 g/mol. The summed E-state index contributed by atoms with van der Waals surface area (Å²) in [7, 11) is 0. The molecule has 0 aliphatic heterocycles. The van der Waals surface area contributed by atoms with Crippen LogP contribution in [-0.2, 0) is 11.3 Å². The van der Waals surface area contributed by atoms with Crippen LogP contribution in [0.5, 0.6) is 0 Å². The minimum absolute atomic E-state index is 0.129. The molecule has 6 heteroatoms. The minimum Gasteiger partial charge on any atom is -0.301 e. The maximum absolute atomic E-state index is 12.9. The number of carbonyl (C=O) groups excluding carboxylic acids is 1. The average Bonchev–Trinajstić information content (AvgIpc) is 2.23. The fourth-order valence-corrected chi connectivity index (χ4v) is 1.64. The summed E-state index contributed by atoms with van der Waals surface area (Å²) >= 11 is 5.71. The van der Waals surface area contributed by atoms with E-state index < -0.39 is 11.4 Å². The van der Waals surface area contributed by atoms with Crippen LogP contribution in [0, 0.1) is 5.82 Å². The van der Waals surface area contributed by atoms with Gasteiger partial charge in [-0.1, -0.05) is 0 Å². The first-order valence-electron chi connectivity index (χ1n) is 4.42. The van der Waals surface area contributed by atoms with Crippen LogP contribution < -0.4 is 5.56 Å². The van der Waals surface area contributed by atoms with Gasteiger partial charge in [0.1, 0.15) is 12.1 Å². The fourth-order valence-electron chi connectivity index (χ4n) is 1.40. The van der Waals surface area contributed by atoms with Crippen molar-refractivity contribution in [3.63, 3.8) is 0 Å². The molecular formula is C10H6ClFN2O2. The Morgan fingerprint density at radius 3 is 2.94 bits per heavy atom. The molecule has 0 spiro atoms. The highest BCUT2D eigenvalue weighted by atomic mass is 35.5. The highest BCUT2D eigenvalue weighted by molar-refractivity contribution is 6.28. The number of aromatic nitrogens is 2. The molecule has 0 aliphatic carbocycles. The summed E-state index contributed by atoms with van der Waals surface area (Å²) in [5, 5.41) is 0.0999. The van der Waals surface area contributed by atoms with Crippen LogP contribution in [0.4, 0.5) is 4.39 Å². The summed E-state index contributed by atoms with van der Waals surface area (Å²) in [6.45, 7) is -0.169. The van der Waals surface area contributed by atoms with Gasteiger partial charge in [0.15, 0.2) is 0 Å². The number of nitrogens with zero attached hydrogens (tertiary/aromatic N) is 2. The van der Waals surface area contributed by atoms with E-state index in [0.717, 1.165) is 16.7 Å². The van der Waals surface area contributed by atoms with E-state index in [9.17, 15) is 14.0 Å². The van der Waals surface area contributed by atoms with Gasteiger partial charge in [0.05, 0.1) is 17.4 Å². The van der Waals surface area contributed by atoms with Crippen molar-refractivity contribution in [2.75, 3.05) is 0 Å². The van der Waals surface area contributed by atoms with Crippen LogP contribution in [0.2, 0.25) is 5.28 Å². The Balaban J connectivity index is 2.83. The summed E-state index contributed by atoms with van der Waals surface area (Å²) in [5.74, 6) is -0.497. The number of aldehydes is 1. The van der Waals surface area contributed by atoms with E-state index in [1.807, 2.05) is 0 Å². The Labute approximate surface area is 94.3 Å². The van der Waals surface area contributed by atoms with Gasteiger partial charge >= 0.3 is 0 Å². The largest absolute Gasteiger partial charge is 0.301 e. The van der Waals surface area contributed by atoms with Gasteiger partial charge in [0.2, 0.25) is 5.28 Å². The van der Waals surface area contributed by atoms with Gasteiger partial charge in [-0.3, -0.25) is 9.36 Å². The monoisotopic (exact) mass is 240 g/mol. The second kappa shape index (κ2) is 4.02. The van der Waals surface area contributed by atoms with Crippen molar-refractivity contribution < 1.29 is 9.18 Å². The molecule has 0 bridgehead atoms. The first kappa shape index (κ1) is 10.8. The summed E-state index contributed by atoms with van der Waals surface area (Å²) in [6, 6.07) is 3.59. The van der Waals surface area contributed by atoms with E-state index in [-0.39, 0.29) is 22.7 Å². The molecule has 0 amide bonds. The molecule has 16 heavy (non-hydrogen) atoms. The lowest BCUT2D eigenvalue weighted by Gasteiger charge is -2.05. The maximum atomic E-state index is 12.9. The van der Waals surface area contributed by atoms with Crippen molar-refractivity contribution in [3.05, 3.63) is 39.7 Å². The molecule has 0 radical (unpaired) electrons. The molecule has 2 rings (SSSR count). The standard InChI is InChI=1S/C10H6ClFN2O2/c11-10-13-8-5-6(12)1-2-7(8)9(16)14(10)3-4-15/h1-2,4-5H,3H2. The maximum Gasteiger partial charge on any atom is 0.262 e. The zero-order valence-electron chi connectivity index (χ0n) is 7.98. The topological polar surface area (TPSA) is 52.0 Å². The molecule has 0 atom stereocenters. The molecule has 2 aromatic rings. The number of fused-ring (bicyclic) bond motifs is 1. The van der Waals surface area contributed by atoms with Gasteiger partial charge in [-0.05, 0) is 23.7 Å². The molecule has 1 heterocycles. The van der Waals surface area contributed by atoms with Crippen molar-refractivity contribution in [2.24, 2.45) is 0 Å². The summed E-state index contributed by atoms with van der Waals surface area (Å²) in [6.07, 6.45) is 0.546. The second-order valence-electron chi connectivity index (χ2n) is 3.12. The Kier molecular flexibility index (Phi) is 2.70. The van der Waals surface area contributed by atoms with E-state index in [2.05, 4.69) is 4.98 Å². The number of hydrogen-bond acceptors (Lipinski definition) is 3. The Bertz CT molecular complexity index is 624. The lowest BCUT2D eigenvalue weighted by molar-refractivity contribution is -0.108. The molecule has 1 aromatic heterocycles. The first-order chi connectivity index (χ1) is 7.63. The fraction of sp³-hybridized carbons (Fsp3) is 0.100. The predicted molar refractivity (Wildman–Crippen MR) is 57.0 cm³/mol. The van der Waals surface area contributed by atoms with Crippen molar-refractivity contribution in [3.8, 4) is 0 Å². The Morgan fingerprint density at radius 2 is 2.25 bits per heavy atom. The van der Waals surface area contributed by atoms with Crippen LogP contribution in [-0.4, -0.2) is 15.8 Å². The minimum atomic E-state index is -0.497. The third-order valence-corrected chi connectivity index (χ3v) is 2.42. The normalized spacial score (nSPS) is 10.6. The molecule has 0 saturated heterocycles. The van der Waals surface area contributed by atoms with Gasteiger partial charge in [-0.15, -0.1) is 0 Å². The quantitative estimate of drug-likeness (QED) is 0.589. The SMILES string of the molecule is O=CCn1c(Cl)nc2cc(F)ccc2c1=O. The molecule has 4 nitrogen and oxygen atoms in total. The lowest BCUT2D eigenvalue weighted by atomic mass is 10.2. The van der Waals surface area contributed by atoms with Crippen LogP contribution >= 0.6 is 11.6 Å². The summed E-state index contributed by atoms with van der Waals surface area (Å²) in [5.41, 5.74) is -0.278. The highest BCUT2D eigenvalue weighted by Gasteiger charge is 2.09. The molecule has 0 fully saturated rings. The number of benzene rings is 1. The van der Waals surface area contributed by atoms with Gasteiger partial charge < -0.3 is 4.79 Å². The third kappa shape index (κ3) is 1.69. The molecule has 1 aromatic carbocycles. The molecule has 0 aliphatic rings. The van der Waals surface area contributed by atoms with Crippen LogP contribution in [0.3, 0.4) is 0 Å². The van der Waals surface area contributed by atoms with E-state index in [4.69, 9.17) is 11.6 Å². The van der Waals surface area contributed by atoms with Crippen LogP contribution in [0.15, 0.2) is 23.0 Å². The summed E-state index contributed by atoms with van der Waals surface area (Å²) in [4.78, 5) is 26.0. The zero-order valence-corrected chi connectivity index (χ0v) is 8.74. The second-order valence-corrected chi connectivity index (χ2v) is 3.46. The number of carbonyl (C=O) groups is 1. The van der Waals surface area contributed by atoms with Gasteiger partial charge in [-0.2, -0.15) is 0 Å². The lowest BCUT2D eigenvalue weighted by Crippen LogP contribution is -2.22. The third-order valence-electron chi connectivity index (χ3n) is 2.13. The number of rotatable bonds is 2. The summed E-state index contributed by atoms with van der Waals surface area (Å²) < 4.78 is 13.9. The van der Waals surface area contributed by atoms with Crippen molar-refractivity contribution >= 4 is 28.8 Å². The zero-order chi connectivity index (χ0) is 11.7.